The summed E-state index contributed by atoms with van der Waals surface area (Å²) in [5.41, 5.74) is 0. The lowest BCUT2D eigenvalue weighted by Crippen LogP contribution is -1.84. The van der Waals surface area contributed by atoms with E-state index in [4.69, 9.17) is 4.42 Å². The molecule has 0 aromatic carbocycles. The molecule has 98 valence electrons. The molecule has 0 atom stereocenters. The van der Waals surface area contributed by atoms with Crippen LogP contribution in [0.2, 0.25) is 0 Å². The van der Waals surface area contributed by atoms with Gasteiger partial charge in [-0.25, -0.2) is 0 Å². The minimum atomic E-state index is 1.06. The number of furan rings is 1. The SMILES string of the molecule is Cc1occc1SCCCCCCCCCBr. The Labute approximate surface area is 118 Å². The third-order valence-electron chi connectivity index (χ3n) is 2.85. The maximum absolute atomic E-state index is 5.27. The van der Waals surface area contributed by atoms with Gasteiger partial charge in [0.2, 0.25) is 0 Å². The Balaban J connectivity index is 1.86. The van der Waals surface area contributed by atoms with Crippen molar-refractivity contribution < 1.29 is 4.42 Å². The average molecular weight is 319 g/mol. The maximum atomic E-state index is 5.27. The summed E-state index contributed by atoms with van der Waals surface area (Å²) in [5.74, 6) is 2.28. The molecular weight excluding hydrogens is 296 g/mol. The van der Waals surface area contributed by atoms with Crippen molar-refractivity contribution in [2.45, 2.75) is 56.8 Å². The smallest absolute Gasteiger partial charge is 0.114 e. The van der Waals surface area contributed by atoms with Crippen LogP contribution in [0, 0.1) is 6.92 Å². The Hall–Kier alpha value is 0.110. The number of unbranched alkanes of at least 4 members (excludes halogenated alkanes) is 6. The predicted molar refractivity (Wildman–Crippen MR) is 80.3 cm³/mol. The van der Waals surface area contributed by atoms with E-state index in [1.54, 1.807) is 6.26 Å². The first-order valence-electron chi connectivity index (χ1n) is 6.57. The summed E-state index contributed by atoms with van der Waals surface area (Å²) in [7, 11) is 0. The third kappa shape index (κ3) is 7.20. The van der Waals surface area contributed by atoms with Gasteiger partial charge in [-0.1, -0.05) is 48.0 Å². The van der Waals surface area contributed by atoms with Gasteiger partial charge in [-0.3, -0.25) is 0 Å². The Morgan fingerprint density at radius 1 is 1.06 bits per heavy atom. The number of hydrogen-bond acceptors (Lipinski definition) is 2. The maximum Gasteiger partial charge on any atom is 0.114 e. The Kier molecular flexibility index (Phi) is 8.99. The van der Waals surface area contributed by atoms with Gasteiger partial charge in [0, 0.05) is 10.2 Å². The third-order valence-corrected chi connectivity index (χ3v) is 4.63. The number of halogens is 1. The van der Waals surface area contributed by atoms with Crippen LogP contribution in [0.25, 0.3) is 0 Å². The van der Waals surface area contributed by atoms with Crippen molar-refractivity contribution in [2.75, 3.05) is 11.1 Å². The molecule has 0 fully saturated rings. The van der Waals surface area contributed by atoms with Gasteiger partial charge >= 0.3 is 0 Å². The lowest BCUT2D eigenvalue weighted by atomic mass is 10.1. The number of rotatable bonds is 10. The Bertz CT molecular complexity index is 286. The van der Waals surface area contributed by atoms with E-state index in [-0.39, 0.29) is 0 Å². The monoisotopic (exact) mass is 318 g/mol. The van der Waals surface area contributed by atoms with E-state index in [0.29, 0.717) is 0 Å². The molecule has 1 nitrogen and oxygen atoms in total. The highest BCUT2D eigenvalue weighted by Crippen LogP contribution is 2.24. The molecule has 1 aromatic rings. The first-order chi connectivity index (χ1) is 8.34. The topological polar surface area (TPSA) is 13.1 Å². The molecule has 0 unspecified atom stereocenters. The summed E-state index contributed by atoms with van der Waals surface area (Å²) >= 11 is 5.39. The van der Waals surface area contributed by atoms with Gasteiger partial charge < -0.3 is 4.42 Å². The normalized spacial score (nSPS) is 10.9. The highest BCUT2D eigenvalue weighted by Gasteiger charge is 2.00. The number of aryl methyl sites for hydroxylation is 1. The zero-order chi connectivity index (χ0) is 12.3. The van der Waals surface area contributed by atoms with Gasteiger partial charge in [-0.05, 0) is 31.6 Å². The molecule has 0 radical (unpaired) electrons. The molecular formula is C14H23BrOS. The number of hydrogen-bond donors (Lipinski definition) is 0. The Morgan fingerprint density at radius 2 is 1.71 bits per heavy atom. The van der Waals surface area contributed by atoms with Crippen LogP contribution >= 0.6 is 27.7 Å². The van der Waals surface area contributed by atoms with Gasteiger partial charge in [0.15, 0.2) is 0 Å². The molecule has 1 aromatic heterocycles. The van der Waals surface area contributed by atoms with Crippen molar-refractivity contribution in [3.63, 3.8) is 0 Å². The molecule has 0 aliphatic rings. The Morgan fingerprint density at radius 3 is 2.29 bits per heavy atom. The average Bonchev–Trinajstić information content (AvgIpc) is 2.73. The van der Waals surface area contributed by atoms with E-state index in [1.807, 2.05) is 18.7 Å². The molecule has 1 rings (SSSR count). The van der Waals surface area contributed by atoms with Gasteiger partial charge in [0.1, 0.15) is 5.76 Å². The van der Waals surface area contributed by atoms with Crippen molar-refractivity contribution in [2.24, 2.45) is 0 Å². The van der Waals surface area contributed by atoms with E-state index >= 15 is 0 Å². The highest BCUT2D eigenvalue weighted by molar-refractivity contribution is 9.09. The molecule has 0 N–H and O–H groups in total. The van der Waals surface area contributed by atoms with E-state index in [0.717, 1.165) is 11.1 Å². The quantitative estimate of drug-likeness (QED) is 0.307. The van der Waals surface area contributed by atoms with Crippen LogP contribution in [-0.2, 0) is 0 Å². The lowest BCUT2D eigenvalue weighted by molar-refractivity contribution is 0.527. The lowest BCUT2D eigenvalue weighted by Gasteiger charge is -2.01. The fourth-order valence-electron chi connectivity index (χ4n) is 1.79. The molecule has 0 bridgehead atoms. The van der Waals surface area contributed by atoms with Crippen molar-refractivity contribution in [3.05, 3.63) is 18.1 Å². The summed E-state index contributed by atoms with van der Waals surface area (Å²) in [4.78, 5) is 1.31. The fourth-order valence-corrected chi connectivity index (χ4v) is 3.15. The molecule has 1 heterocycles. The van der Waals surface area contributed by atoms with E-state index < -0.39 is 0 Å². The minimum Gasteiger partial charge on any atom is -0.468 e. The summed E-state index contributed by atoms with van der Waals surface area (Å²) < 4.78 is 5.27. The minimum absolute atomic E-state index is 1.06. The largest absolute Gasteiger partial charge is 0.468 e. The molecule has 0 saturated heterocycles. The number of alkyl halides is 1. The van der Waals surface area contributed by atoms with Gasteiger partial charge in [-0.15, -0.1) is 11.8 Å². The predicted octanol–water partition coefficient (Wildman–Crippen LogP) is 5.81. The van der Waals surface area contributed by atoms with Crippen LogP contribution in [0.3, 0.4) is 0 Å². The molecule has 17 heavy (non-hydrogen) atoms. The van der Waals surface area contributed by atoms with Gasteiger partial charge in [0.25, 0.3) is 0 Å². The van der Waals surface area contributed by atoms with Crippen LogP contribution < -0.4 is 0 Å². The van der Waals surface area contributed by atoms with Gasteiger partial charge in [-0.2, -0.15) is 0 Å². The van der Waals surface area contributed by atoms with Gasteiger partial charge in [0.05, 0.1) is 6.26 Å². The van der Waals surface area contributed by atoms with Crippen molar-refractivity contribution >= 4 is 27.7 Å². The second kappa shape index (κ2) is 10.1. The van der Waals surface area contributed by atoms with Crippen LogP contribution in [0.5, 0.6) is 0 Å². The molecule has 0 saturated carbocycles. The summed E-state index contributed by atoms with van der Waals surface area (Å²) in [6, 6.07) is 2.07. The summed E-state index contributed by atoms with van der Waals surface area (Å²) in [6.45, 7) is 2.03. The molecule has 0 aliphatic carbocycles. The standard InChI is InChI=1S/C14H23BrOS/c1-13-14(9-11-16-13)17-12-8-6-4-2-3-5-7-10-15/h9,11H,2-8,10,12H2,1H3. The van der Waals surface area contributed by atoms with Crippen LogP contribution in [-0.4, -0.2) is 11.1 Å². The van der Waals surface area contributed by atoms with Crippen LogP contribution in [0.1, 0.15) is 50.7 Å². The molecule has 0 aliphatic heterocycles. The fraction of sp³-hybridized carbons (Fsp3) is 0.714. The number of thioether (sulfide) groups is 1. The van der Waals surface area contributed by atoms with E-state index in [2.05, 4.69) is 22.0 Å². The van der Waals surface area contributed by atoms with Crippen LogP contribution in [0.4, 0.5) is 0 Å². The first kappa shape index (κ1) is 15.2. The highest BCUT2D eigenvalue weighted by atomic mass is 79.9. The molecule has 0 spiro atoms. The van der Waals surface area contributed by atoms with Crippen molar-refractivity contribution in [1.82, 2.24) is 0 Å². The van der Waals surface area contributed by atoms with Crippen molar-refractivity contribution in [1.29, 1.82) is 0 Å². The summed E-state index contributed by atoms with van der Waals surface area (Å²) in [5, 5.41) is 1.16. The second-order valence-electron chi connectivity index (χ2n) is 4.35. The van der Waals surface area contributed by atoms with E-state index in [9.17, 15) is 0 Å². The zero-order valence-electron chi connectivity index (χ0n) is 10.7. The molecule has 0 amide bonds. The van der Waals surface area contributed by atoms with Crippen LogP contribution in [0.15, 0.2) is 21.6 Å². The molecule has 3 heteroatoms. The summed E-state index contributed by atoms with van der Waals surface area (Å²) in [6.07, 6.45) is 11.4. The second-order valence-corrected chi connectivity index (χ2v) is 6.28. The first-order valence-corrected chi connectivity index (χ1v) is 8.68. The van der Waals surface area contributed by atoms with E-state index in [1.165, 1.54) is 55.6 Å². The zero-order valence-corrected chi connectivity index (χ0v) is 13.1. The van der Waals surface area contributed by atoms with Crippen molar-refractivity contribution in [3.8, 4) is 0 Å².